The molecule has 0 unspecified atom stereocenters. The van der Waals surface area contributed by atoms with Gasteiger partial charge in [0, 0.05) is 11.5 Å². The molecule has 0 spiro atoms. The van der Waals surface area contributed by atoms with E-state index >= 15 is 0 Å². The van der Waals surface area contributed by atoms with E-state index in [-0.39, 0.29) is 6.61 Å². The molecule has 31 heavy (non-hydrogen) atoms. The number of carbonyl (C=O) groups is 1. The molecule has 3 aromatic carbocycles. The number of nitrogens with zero attached hydrogens (tertiary/aromatic N) is 1. The lowest BCUT2D eigenvalue weighted by Gasteiger charge is -2.11. The molecular formula is C26H21NO4. The smallest absolute Gasteiger partial charge is 0.336 e. The van der Waals surface area contributed by atoms with E-state index in [0.717, 1.165) is 33.5 Å². The molecule has 0 saturated carbocycles. The number of benzene rings is 2. The molecule has 1 aromatic heterocycles. The van der Waals surface area contributed by atoms with Gasteiger partial charge in [-0.25, -0.2) is 9.78 Å². The zero-order valence-corrected chi connectivity index (χ0v) is 17.1. The first-order valence-corrected chi connectivity index (χ1v) is 9.89. The molecular weight excluding hydrogens is 390 g/mol. The van der Waals surface area contributed by atoms with Crippen LogP contribution in [0, 0.1) is 19.1 Å². The number of aromatic nitrogens is 1. The third kappa shape index (κ3) is 5.00. The Labute approximate surface area is 180 Å². The zero-order chi connectivity index (χ0) is 21.6. The minimum atomic E-state index is -0.939. The molecule has 1 heterocycles. The number of rotatable bonds is 8. The first kappa shape index (κ1) is 20.4. The average Bonchev–Trinajstić information content (AvgIpc) is 2.78. The summed E-state index contributed by atoms with van der Waals surface area (Å²) in [5, 5.41) is 10.4. The Morgan fingerprint density at radius 2 is 1.84 bits per heavy atom. The molecule has 0 saturated heterocycles. The van der Waals surface area contributed by atoms with Crippen LogP contribution >= 0.6 is 0 Å². The van der Waals surface area contributed by atoms with Gasteiger partial charge in [0.25, 0.3) is 0 Å². The summed E-state index contributed by atoms with van der Waals surface area (Å²) in [6, 6.07) is 26.5. The van der Waals surface area contributed by atoms with Crippen molar-refractivity contribution in [3.05, 3.63) is 107 Å². The molecule has 1 N–H and O–H groups in total. The van der Waals surface area contributed by atoms with E-state index in [9.17, 15) is 9.90 Å². The standard InChI is InChI=1S/C26H21NO4/c1-18-6-4-9-21(25(18)26(28)29)16-30-15-19-7-5-10-23(14-19)31-17-22-13-12-20-8-2-3-11-24(20)27-22/h4-14H,15-17H2,1H3,(H,28,29). The highest BCUT2D eigenvalue weighted by Gasteiger charge is 2.12. The van der Waals surface area contributed by atoms with E-state index in [4.69, 9.17) is 9.47 Å². The monoisotopic (exact) mass is 411 g/mol. The summed E-state index contributed by atoms with van der Waals surface area (Å²) in [6.07, 6.45) is 0. The van der Waals surface area contributed by atoms with Crippen molar-refractivity contribution < 1.29 is 19.4 Å². The van der Waals surface area contributed by atoms with Gasteiger partial charge in [-0.15, -0.1) is 0 Å². The largest absolute Gasteiger partial charge is 0.487 e. The van der Waals surface area contributed by atoms with Crippen LogP contribution in [0.1, 0.15) is 32.7 Å². The van der Waals surface area contributed by atoms with Gasteiger partial charge in [0.05, 0.1) is 30.0 Å². The number of hydrogen-bond donors (Lipinski definition) is 1. The number of carboxylic acids is 1. The maximum absolute atomic E-state index is 11.5. The Balaban J connectivity index is 1.36. The molecule has 154 valence electrons. The van der Waals surface area contributed by atoms with E-state index < -0.39 is 5.97 Å². The number of fused-ring (bicyclic) bond motifs is 1. The van der Waals surface area contributed by atoms with Crippen LogP contribution in [-0.4, -0.2) is 16.1 Å². The fourth-order valence-electron chi connectivity index (χ4n) is 3.39. The zero-order valence-electron chi connectivity index (χ0n) is 17.1. The Morgan fingerprint density at radius 3 is 2.71 bits per heavy atom. The third-order valence-corrected chi connectivity index (χ3v) is 4.92. The number of pyridine rings is 1. The lowest BCUT2D eigenvalue weighted by atomic mass is 10.0. The summed E-state index contributed by atoms with van der Waals surface area (Å²) in [5.41, 5.74) is 4.32. The van der Waals surface area contributed by atoms with Gasteiger partial charge in [-0.1, -0.05) is 48.5 Å². The number of aromatic carboxylic acids is 1. The van der Waals surface area contributed by atoms with Crippen molar-refractivity contribution in [3.63, 3.8) is 0 Å². The molecule has 5 heteroatoms. The van der Waals surface area contributed by atoms with Crippen molar-refractivity contribution in [1.82, 2.24) is 4.98 Å². The summed E-state index contributed by atoms with van der Waals surface area (Å²) in [7, 11) is 0. The summed E-state index contributed by atoms with van der Waals surface area (Å²) >= 11 is 0. The normalized spacial score (nSPS) is 10.6. The highest BCUT2D eigenvalue weighted by atomic mass is 16.5. The van der Waals surface area contributed by atoms with E-state index in [1.54, 1.807) is 25.1 Å². The second-order valence-corrected chi connectivity index (χ2v) is 7.20. The van der Waals surface area contributed by atoms with Crippen molar-refractivity contribution >= 4 is 16.9 Å². The van der Waals surface area contributed by atoms with Gasteiger partial charge < -0.3 is 14.6 Å². The Kier molecular flexibility index (Phi) is 6.11. The van der Waals surface area contributed by atoms with Crippen LogP contribution in [-0.2, 0) is 24.6 Å². The fourth-order valence-corrected chi connectivity index (χ4v) is 3.39. The minimum Gasteiger partial charge on any atom is -0.487 e. The molecule has 0 aliphatic heterocycles. The maximum Gasteiger partial charge on any atom is 0.336 e. The van der Waals surface area contributed by atoms with Gasteiger partial charge in [-0.2, -0.15) is 0 Å². The SMILES string of the molecule is Cc1cccc(COCc2cccc(OCc3ccc4cc#ccc4n3)c2)c1C(=O)O. The highest BCUT2D eigenvalue weighted by Crippen LogP contribution is 2.19. The molecule has 0 fully saturated rings. The Bertz CT molecular complexity index is 1220. The number of aryl methyl sites for hydroxylation is 1. The van der Waals surface area contributed by atoms with Crippen LogP contribution in [0.3, 0.4) is 0 Å². The van der Waals surface area contributed by atoms with Gasteiger partial charge in [0.2, 0.25) is 0 Å². The van der Waals surface area contributed by atoms with Crippen LogP contribution in [0.25, 0.3) is 10.9 Å². The predicted molar refractivity (Wildman–Crippen MR) is 117 cm³/mol. The number of hydrogen-bond acceptors (Lipinski definition) is 4. The Morgan fingerprint density at radius 1 is 1.00 bits per heavy atom. The summed E-state index contributed by atoms with van der Waals surface area (Å²) < 4.78 is 11.7. The summed E-state index contributed by atoms with van der Waals surface area (Å²) in [5.74, 6) is -0.219. The molecule has 0 aliphatic carbocycles. The molecule has 0 radical (unpaired) electrons. The van der Waals surface area contributed by atoms with Crippen molar-refractivity contribution in [2.75, 3.05) is 0 Å². The quantitative estimate of drug-likeness (QED) is 0.435. The van der Waals surface area contributed by atoms with Crippen LogP contribution in [0.5, 0.6) is 5.75 Å². The van der Waals surface area contributed by atoms with Crippen LogP contribution < -0.4 is 4.74 Å². The predicted octanol–water partition coefficient (Wildman–Crippen LogP) is 5.14. The lowest BCUT2D eigenvalue weighted by molar-refractivity contribution is 0.0683. The van der Waals surface area contributed by atoms with Crippen molar-refractivity contribution in [2.24, 2.45) is 0 Å². The third-order valence-electron chi connectivity index (χ3n) is 4.92. The van der Waals surface area contributed by atoms with Gasteiger partial charge in [-0.05, 0) is 47.9 Å². The highest BCUT2D eigenvalue weighted by molar-refractivity contribution is 5.91. The van der Waals surface area contributed by atoms with Gasteiger partial charge in [0.1, 0.15) is 12.4 Å². The molecule has 5 nitrogen and oxygen atoms in total. The van der Waals surface area contributed by atoms with Crippen LogP contribution in [0.15, 0.2) is 66.7 Å². The Hall–Kier alpha value is -3.88. The molecule has 0 atom stereocenters. The first-order chi connectivity index (χ1) is 15.1. The van der Waals surface area contributed by atoms with Crippen molar-refractivity contribution in [2.45, 2.75) is 26.7 Å². The number of carboxylic acid groups (broad SMARTS) is 1. The molecule has 0 bridgehead atoms. The van der Waals surface area contributed by atoms with Gasteiger partial charge in [-0.3, -0.25) is 0 Å². The van der Waals surface area contributed by atoms with Gasteiger partial charge >= 0.3 is 5.97 Å². The van der Waals surface area contributed by atoms with E-state index in [0.29, 0.717) is 24.3 Å². The molecule has 4 aromatic rings. The van der Waals surface area contributed by atoms with Crippen LogP contribution in [0.4, 0.5) is 0 Å². The lowest BCUT2D eigenvalue weighted by Crippen LogP contribution is -2.06. The van der Waals surface area contributed by atoms with Gasteiger partial charge in [0.15, 0.2) is 0 Å². The summed E-state index contributed by atoms with van der Waals surface area (Å²) in [4.78, 5) is 16.1. The number of ether oxygens (including phenoxy) is 2. The minimum absolute atomic E-state index is 0.226. The molecule has 0 amide bonds. The summed E-state index contributed by atoms with van der Waals surface area (Å²) in [6.45, 7) is 2.72. The van der Waals surface area contributed by atoms with E-state index in [1.165, 1.54) is 0 Å². The second kappa shape index (κ2) is 9.29. The fraction of sp³-hybridized carbons (Fsp3) is 0.154. The maximum atomic E-state index is 11.5. The van der Waals surface area contributed by atoms with Crippen molar-refractivity contribution in [1.29, 1.82) is 0 Å². The topological polar surface area (TPSA) is 68.7 Å². The van der Waals surface area contributed by atoms with Crippen molar-refractivity contribution in [3.8, 4) is 5.75 Å². The van der Waals surface area contributed by atoms with E-state index in [1.807, 2.05) is 48.5 Å². The van der Waals surface area contributed by atoms with Crippen LogP contribution in [0.2, 0.25) is 0 Å². The molecule has 0 aliphatic rings. The second-order valence-electron chi connectivity index (χ2n) is 7.20. The molecule has 4 rings (SSSR count). The van der Waals surface area contributed by atoms with E-state index in [2.05, 4.69) is 17.1 Å². The first-order valence-electron chi connectivity index (χ1n) is 9.89. The average molecular weight is 411 g/mol.